The maximum absolute atomic E-state index is 11.3. The fourth-order valence-electron chi connectivity index (χ4n) is 3.29. The lowest BCUT2D eigenvalue weighted by Crippen LogP contribution is -2.03. The van der Waals surface area contributed by atoms with Gasteiger partial charge in [-0.2, -0.15) is 0 Å². The van der Waals surface area contributed by atoms with Crippen molar-refractivity contribution < 1.29 is 9.90 Å². The highest BCUT2D eigenvalue weighted by molar-refractivity contribution is 5.89. The van der Waals surface area contributed by atoms with Gasteiger partial charge in [0.05, 0.1) is 5.56 Å². The largest absolute Gasteiger partial charge is 0.478 e. The van der Waals surface area contributed by atoms with Crippen LogP contribution in [0.25, 0.3) is 0 Å². The summed E-state index contributed by atoms with van der Waals surface area (Å²) in [6.45, 7) is 4.29. The number of carbonyl (C=O) groups is 1. The van der Waals surface area contributed by atoms with Crippen molar-refractivity contribution in [2.45, 2.75) is 97.3 Å². The van der Waals surface area contributed by atoms with Crippen LogP contribution in [0.2, 0.25) is 0 Å². The highest BCUT2D eigenvalue weighted by atomic mass is 16.4. The SMILES string of the molecule is CCCCCCCCCCCCCCc1cc(C)ccc1C(=O)O. The Labute approximate surface area is 148 Å². The number of carboxylic acids is 1. The van der Waals surface area contributed by atoms with E-state index in [2.05, 4.69) is 6.92 Å². The van der Waals surface area contributed by atoms with Gasteiger partial charge in [-0.15, -0.1) is 0 Å². The Balaban J connectivity index is 2.05. The van der Waals surface area contributed by atoms with Gasteiger partial charge in [-0.25, -0.2) is 4.79 Å². The summed E-state index contributed by atoms with van der Waals surface area (Å²) >= 11 is 0. The molecule has 0 saturated carbocycles. The summed E-state index contributed by atoms with van der Waals surface area (Å²) in [6.07, 6.45) is 16.9. The lowest BCUT2D eigenvalue weighted by molar-refractivity contribution is 0.0695. The fourth-order valence-corrected chi connectivity index (χ4v) is 3.29. The number of carboxylic acid groups (broad SMARTS) is 1. The first kappa shape index (κ1) is 20.7. The van der Waals surface area contributed by atoms with Crippen LogP contribution in [0.4, 0.5) is 0 Å². The molecule has 136 valence electrons. The van der Waals surface area contributed by atoms with Crippen LogP contribution in [0, 0.1) is 6.92 Å². The zero-order valence-corrected chi connectivity index (χ0v) is 15.8. The van der Waals surface area contributed by atoms with Crippen LogP contribution in [-0.4, -0.2) is 11.1 Å². The van der Waals surface area contributed by atoms with Gasteiger partial charge in [0.2, 0.25) is 0 Å². The highest BCUT2D eigenvalue weighted by Gasteiger charge is 2.09. The molecule has 24 heavy (non-hydrogen) atoms. The zero-order valence-electron chi connectivity index (χ0n) is 15.8. The van der Waals surface area contributed by atoms with Crippen LogP contribution < -0.4 is 0 Å². The molecule has 0 fully saturated rings. The van der Waals surface area contributed by atoms with E-state index in [0.717, 1.165) is 24.0 Å². The molecule has 0 spiro atoms. The molecular weight excluding hydrogens is 296 g/mol. The van der Waals surface area contributed by atoms with Gasteiger partial charge in [-0.1, -0.05) is 95.2 Å². The molecule has 2 heteroatoms. The molecule has 0 aliphatic rings. The number of benzene rings is 1. The van der Waals surface area contributed by atoms with Crippen molar-refractivity contribution >= 4 is 5.97 Å². The Bertz CT molecular complexity index is 465. The first-order valence-electron chi connectivity index (χ1n) is 9.98. The summed E-state index contributed by atoms with van der Waals surface area (Å²) < 4.78 is 0. The number of aryl methyl sites for hydroxylation is 2. The number of rotatable bonds is 14. The molecule has 0 amide bonds. The van der Waals surface area contributed by atoms with Crippen molar-refractivity contribution in [1.82, 2.24) is 0 Å². The van der Waals surface area contributed by atoms with Gasteiger partial charge in [0, 0.05) is 0 Å². The molecular formula is C22H36O2. The fraction of sp³-hybridized carbons (Fsp3) is 0.682. The lowest BCUT2D eigenvalue weighted by atomic mass is 9.98. The molecule has 0 radical (unpaired) electrons. The predicted molar refractivity (Wildman–Crippen MR) is 103 cm³/mol. The molecule has 0 unspecified atom stereocenters. The second-order valence-electron chi connectivity index (χ2n) is 7.10. The van der Waals surface area contributed by atoms with E-state index in [9.17, 15) is 9.90 Å². The van der Waals surface area contributed by atoms with Crippen LogP contribution in [0.1, 0.15) is 105 Å². The standard InChI is InChI=1S/C22H36O2/c1-3-4-5-6-7-8-9-10-11-12-13-14-15-20-18-19(2)16-17-21(20)22(23)24/h16-18H,3-15H2,1-2H3,(H,23,24). The van der Waals surface area contributed by atoms with Gasteiger partial charge in [-0.3, -0.25) is 0 Å². The van der Waals surface area contributed by atoms with Gasteiger partial charge >= 0.3 is 5.97 Å². The monoisotopic (exact) mass is 332 g/mol. The van der Waals surface area contributed by atoms with E-state index in [1.165, 1.54) is 70.6 Å². The molecule has 1 aromatic rings. The minimum absolute atomic E-state index is 0.476. The smallest absolute Gasteiger partial charge is 0.335 e. The molecule has 0 heterocycles. The topological polar surface area (TPSA) is 37.3 Å². The number of hydrogen-bond donors (Lipinski definition) is 1. The zero-order chi connectivity index (χ0) is 17.6. The summed E-state index contributed by atoms with van der Waals surface area (Å²) in [5, 5.41) is 9.25. The maximum atomic E-state index is 11.3. The molecule has 1 N–H and O–H groups in total. The van der Waals surface area contributed by atoms with Gasteiger partial charge in [-0.05, 0) is 31.4 Å². The quantitative estimate of drug-likeness (QED) is 0.375. The van der Waals surface area contributed by atoms with Crippen molar-refractivity contribution in [3.63, 3.8) is 0 Å². The summed E-state index contributed by atoms with van der Waals surface area (Å²) in [5.41, 5.74) is 2.62. The Morgan fingerprint density at radius 1 is 0.833 bits per heavy atom. The predicted octanol–water partition coefficient (Wildman–Crippen LogP) is 6.94. The molecule has 0 aliphatic heterocycles. The van der Waals surface area contributed by atoms with E-state index in [1.54, 1.807) is 6.07 Å². The van der Waals surface area contributed by atoms with E-state index >= 15 is 0 Å². The molecule has 1 rings (SSSR count). The van der Waals surface area contributed by atoms with Crippen molar-refractivity contribution in [3.8, 4) is 0 Å². The van der Waals surface area contributed by atoms with Crippen LogP contribution in [-0.2, 0) is 6.42 Å². The van der Waals surface area contributed by atoms with Gasteiger partial charge in [0.15, 0.2) is 0 Å². The van der Waals surface area contributed by atoms with E-state index in [1.807, 2.05) is 19.1 Å². The van der Waals surface area contributed by atoms with Crippen LogP contribution in [0.5, 0.6) is 0 Å². The Kier molecular flexibility index (Phi) is 11.3. The Hall–Kier alpha value is -1.31. The van der Waals surface area contributed by atoms with Gasteiger partial charge in [0.25, 0.3) is 0 Å². The van der Waals surface area contributed by atoms with Gasteiger partial charge in [0.1, 0.15) is 0 Å². The molecule has 0 aromatic heterocycles. The van der Waals surface area contributed by atoms with E-state index in [0.29, 0.717) is 5.56 Å². The molecule has 0 saturated heterocycles. The average molecular weight is 333 g/mol. The normalized spacial score (nSPS) is 10.9. The summed E-state index contributed by atoms with van der Waals surface area (Å²) in [6, 6.07) is 5.66. The summed E-state index contributed by atoms with van der Waals surface area (Å²) in [4.78, 5) is 11.3. The van der Waals surface area contributed by atoms with Crippen molar-refractivity contribution in [2.24, 2.45) is 0 Å². The minimum atomic E-state index is -0.802. The maximum Gasteiger partial charge on any atom is 0.335 e. The third kappa shape index (κ3) is 9.10. The second-order valence-corrected chi connectivity index (χ2v) is 7.10. The third-order valence-electron chi connectivity index (χ3n) is 4.79. The Morgan fingerprint density at radius 3 is 1.83 bits per heavy atom. The van der Waals surface area contributed by atoms with E-state index < -0.39 is 5.97 Å². The molecule has 1 aromatic carbocycles. The van der Waals surface area contributed by atoms with Gasteiger partial charge < -0.3 is 5.11 Å². The van der Waals surface area contributed by atoms with Crippen LogP contribution in [0.15, 0.2) is 18.2 Å². The lowest BCUT2D eigenvalue weighted by Gasteiger charge is -2.07. The first-order valence-corrected chi connectivity index (χ1v) is 9.98. The van der Waals surface area contributed by atoms with Crippen LogP contribution >= 0.6 is 0 Å². The van der Waals surface area contributed by atoms with Crippen LogP contribution in [0.3, 0.4) is 0 Å². The molecule has 2 nitrogen and oxygen atoms in total. The number of hydrogen-bond acceptors (Lipinski definition) is 1. The van der Waals surface area contributed by atoms with E-state index in [-0.39, 0.29) is 0 Å². The van der Waals surface area contributed by atoms with Crippen molar-refractivity contribution in [1.29, 1.82) is 0 Å². The summed E-state index contributed by atoms with van der Waals surface area (Å²) in [5.74, 6) is -0.802. The highest BCUT2D eigenvalue weighted by Crippen LogP contribution is 2.17. The average Bonchev–Trinajstić information content (AvgIpc) is 2.55. The number of unbranched alkanes of at least 4 members (excludes halogenated alkanes) is 11. The minimum Gasteiger partial charge on any atom is -0.478 e. The molecule has 0 atom stereocenters. The van der Waals surface area contributed by atoms with Crippen molar-refractivity contribution in [3.05, 3.63) is 34.9 Å². The third-order valence-corrected chi connectivity index (χ3v) is 4.79. The number of aromatic carboxylic acids is 1. The molecule has 0 aliphatic carbocycles. The second kappa shape index (κ2) is 13.0. The summed E-state index contributed by atoms with van der Waals surface area (Å²) in [7, 11) is 0. The molecule has 0 bridgehead atoms. The first-order chi connectivity index (χ1) is 11.6. The Morgan fingerprint density at radius 2 is 1.33 bits per heavy atom. The van der Waals surface area contributed by atoms with Crippen molar-refractivity contribution in [2.75, 3.05) is 0 Å². The van der Waals surface area contributed by atoms with E-state index in [4.69, 9.17) is 0 Å².